The van der Waals surface area contributed by atoms with Gasteiger partial charge in [-0.2, -0.15) is 12.1 Å². The molecule has 0 spiro atoms. The van der Waals surface area contributed by atoms with Crippen LogP contribution >= 0.6 is 17.0 Å². The van der Waals surface area contributed by atoms with E-state index < -0.39 is 20.8 Å². The summed E-state index contributed by atoms with van der Waals surface area (Å²) in [5.74, 6) is 1.13. The van der Waals surface area contributed by atoms with Gasteiger partial charge in [0, 0.05) is 12.8 Å². The van der Waals surface area contributed by atoms with Crippen molar-refractivity contribution in [1.82, 2.24) is 10.5 Å². The summed E-state index contributed by atoms with van der Waals surface area (Å²) in [5.41, 5.74) is 11.5. The Bertz CT molecular complexity index is 2020. The predicted molar refractivity (Wildman–Crippen MR) is 259 cm³/mol. The van der Waals surface area contributed by atoms with Crippen molar-refractivity contribution in [3.05, 3.63) is 131 Å². The number of amides is 2. The Hall–Kier alpha value is -3.43. The van der Waals surface area contributed by atoms with E-state index in [9.17, 15) is 9.59 Å². The van der Waals surface area contributed by atoms with Gasteiger partial charge in [0.05, 0.1) is 0 Å². The maximum absolute atomic E-state index is 10.6. The molecule has 0 unspecified atom stereocenters. The van der Waals surface area contributed by atoms with Crippen molar-refractivity contribution < 1.29 is 30.4 Å². The number of nitrogens with one attached hydrogen (secondary N) is 2. The number of carbonyl (C=O) groups is 2. The monoisotopic (exact) mass is 921 g/mol. The molecule has 8 heteroatoms. The standard InChI is InChI=1S/2C23H27.C6H12BN2O2.2ClH.Zr/c2*1-4-5-9-18-15-20-11-8-13-22(23(20)16-18)21-12-7-6-10-19(21)14-17(2)3;1-3-5(10)8-7-9-6(11)4-2;;;/h2*6-8,10-13,15-17H,4-5,9,14H2,1-3H3;3-4H2,1-2H3,(H,8,10)(H,9,11);2*1H;/q2*-1;;;;+4/p-2. The molecule has 4 nitrogen and oxygen atoms in total. The number of hydrogen-bond acceptors (Lipinski definition) is 2. The minimum absolute atomic E-state index is 0.110. The maximum atomic E-state index is 10.6. The molecule has 0 aliphatic rings. The van der Waals surface area contributed by atoms with Gasteiger partial charge in [0.15, 0.2) is 0 Å². The van der Waals surface area contributed by atoms with E-state index in [1.165, 1.54) is 112 Å². The molecule has 0 saturated heterocycles. The Labute approximate surface area is 381 Å². The number of aryl methyl sites for hydroxylation is 2. The van der Waals surface area contributed by atoms with Crippen LogP contribution in [0.25, 0.3) is 43.8 Å². The predicted octanol–water partition coefficient (Wildman–Crippen LogP) is 14.5. The topological polar surface area (TPSA) is 58.2 Å². The summed E-state index contributed by atoms with van der Waals surface area (Å²) in [6, 6.07) is 40.8. The van der Waals surface area contributed by atoms with Gasteiger partial charge >= 0.3 is 45.4 Å². The number of fused-ring (bicyclic) bond motifs is 2. The first-order chi connectivity index (χ1) is 29.0. The molecule has 0 heterocycles. The summed E-state index contributed by atoms with van der Waals surface area (Å²) in [5, 5.41) is 10.4. The van der Waals surface area contributed by atoms with Gasteiger partial charge in [-0.25, -0.2) is 0 Å². The van der Waals surface area contributed by atoms with Crippen LogP contribution in [-0.2, 0) is 56.1 Å². The van der Waals surface area contributed by atoms with Gasteiger partial charge in [0.2, 0.25) is 11.8 Å². The van der Waals surface area contributed by atoms with Crippen LogP contribution in [0.1, 0.15) is 116 Å². The fourth-order valence-corrected chi connectivity index (χ4v) is 7.32. The number of hydrogen-bond donors (Lipinski definition) is 2. The van der Waals surface area contributed by atoms with Crippen LogP contribution in [0, 0.1) is 11.8 Å². The third-order valence-electron chi connectivity index (χ3n) is 10.2. The fraction of sp³-hybridized carbons (Fsp3) is 0.385. The molecule has 0 saturated carbocycles. The zero-order valence-electron chi connectivity index (χ0n) is 37.3. The molecule has 6 aromatic rings. The van der Waals surface area contributed by atoms with E-state index in [1.54, 1.807) is 13.8 Å². The molecular weight excluding hydrogens is 858 g/mol. The average Bonchev–Trinajstić information content (AvgIpc) is 3.87. The Morgan fingerprint density at radius 3 is 1.30 bits per heavy atom. The van der Waals surface area contributed by atoms with Crippen molar-refractivity contribution >= 4 is 57.9 Å². The summed E-state index contributed by atoms with van der Waals surface area (Å²) >= 11 is -0.826. The Kier molecular flexibility index (Phi) is 24.0. The van der Waals surface area contributed by atoms with Gasteiger partial charge in [-0.15, -0.1) is 69.1 Å². The van der Waals surface area contributed by atoms with E-state index in [0.717, 1.165) is 12.8 Å². The Morgan fingerprint density at radius 2 is 0.950 bits per heavy atom. The molecule has 6 aromatic carbocycles. The average molecular weight is 924 g/mol. The van der Waals surface area contributed by atoms with Crippen molar-refractivity contribution in [1.29, 1.82) is 0 Å². The molecule has 0 atom stereocenters. The van der Waals surface area contributed by atoms with Crippen LogP contribution < -0.4 is 10.5 Å². The van der Waals surface area contributed by atoms with Crippen LogP contribution in [-0.4, -0.2) is 19.4 Å². The first kappa shape index (κ1) is 50.9. The first-order valence-electron chi connectivity index (χ1n) is 21.9. The minimum atomic E-state index is -0.826. The molecule has 0 aliphatic heterocycles. The number of benzene rings is 4. The zero-order valence-corrected chi connectivity index (χ0v) is 41.2. The second-order valence-corrected chi connectivity index (χ2v) is 19.9. The molecule has 6 rings (SSSR count). The van der Waals surface area contributed by atoms with Gasteiger partial charge < -0.3 is 10.5 Å². The van der Waals surface area contributed by atoms with Crippen molar-refractivity contribution in [3.8, 4) is 22.3 Å². The van der Waals surface area contributed by atoms with Gasteiger partial charge in [0.1, 0.15) is 0 Å². The molecule has 60 heavy (non-hydrogen) atoms. The van der Waals surface area contributed by atoms with Crippen LogP contribution in [0.3, 0.4) is 0 Å². The third kappa shape index (κ3) is 16.8. The van der Waals surface area contributed by atoms with Crippen molar-refractivity contribution in [2.24, 2.45) is 11.8 Å². The summed E-state index contributed by atoms with van der Waals surface area (Å²) in [6.45, 7) is 17.2. The first-order valence-corrected chi connectivity index (χ1v) is 28.2. The molecule has 0 bridgehead atoms. The van der Waals surface area contributed by atoms with Gasteiger partial charge in [-0.05, 0) is 59.8 Å². The number of unbranched alkanes of at least 4 members (excludes halogenated alkanes) is 2. The second-order valence-electron chi connectivity index (χ2n) is 16.1. The normalized spacial score (nSPS) is 10.5. The molecule has 0 fully saturated rings. The van der Waals surface area contributed by atoms with Crippen molar-refractivity contribution in [2.45, 2.75) is 120 Å². The summed E-state index contributed by atoms with van der Waals surface area (Å²) in [4.78, 5) is 21.2. The van der Waals surface area contributed by atoms with Crippen molar-refractivity contribution in [2.75, 3.05) is 0 Å². The van der Waals surface area contributed by atoms with Gasteiger partial charge in [-0.3, -0.25) is 9.59 Å². The van der Waals surface area contributed by atoms with E-state index in [1.807, 2.05) is 0 Å². The molecule has 2 N–H and O–H groups in total. The number of rotatable bonds is 16. The van der Waals surface area contributed by atoms with Crippen LogP contribution in [0.5, 0.6) is 0 Å². The van der Waals surface area contributed by atoms with Crippen LogP contribution in [0.4, 0.5) is 0 Å². The van der Waals surface area contributed by atoms with E-state index in [0.29, 0.717) is 24.7 Å². The second kappa shape index (κ2) is 28.2. The van der Waals surface area contributed by atoms with E-state index in [2.05, 4.69) is 161 Å². The molecule has 2 amide bonds. The van der Waals surface area contributed by atoms with E-state index >= 15 is 0 Å². The SMILES string of the molecule is CCC(=O)N[B]NC(=O)CC.CCCCc1cc2c(-c3ccccc3CC(C)C)cccc2[cH-]1.CCCCc1cc2c(-c3ccccc3CC(C)C)cccc2[cH-]1.[Cl][Zr+2][Cl]. The molecule has 317 valence electrons. The Morgan fingerprint density at radius 1 is 0.583 bits per heavy atom. The number of halogens is 2. The third-order valence-corrected chi connectivity index (χ3v) is 10.2. The van der Waals surface area contributed by atoms with Gasteiger partial charge in [-0.1, -0.05) is 153 Å². The van der Waals surface area contributed by atoms with Crippen LogP contribution in [0.15, 0.2) is 109 Å². The molecule has 0 aromatic heterocycles. The van der Waals surface area contributed by atoms with E-state index in [4.69, 9.17) is 17.0 Å². The summed E-state index contributed by atoms with van der Waals surface area (Å²) in [6.07, 6.45) is 10.5. The quantitative estimate of drug-likeness (QED) is 0.0751. The molecular formula is C52H66BCl2N2O2Zr. The van der Waals surface area contributed by atoms with Crippen LogP contribution in [0.2, 0.25) is 0 Å². The summed E-state index contributed by atoms with van der Waals surface area (Å²) in [7, 11) is 11.1. The molecule has 1 radical (unpaired) electrons. The van der Waals surface area contributed by atoms with E-state index in [-0.39, 0.29) is 11.8 Å². The van der Waals surface area contributed by atoms with Crippen molar-refractivity contribution in [3.63, 3.8) is 0 Å². The summed E-state index contributed by atoms with van der Waals surface area (Å²) < 4.78 is 0. The molecule has 0 aliphatic carbocycles. The zero-order chi connectivity index (χ0) is 43.9. The number of carbonyl (C=O) groups excluding carboxylic acids is 2. The Balaban J connectivity index is 0.000000247. The van der Waals surface area contributed by atoms with Gasteiger partial charge in [0.25, 0.3) is 0 Å². The fourth-order valence-electron chi connectivity index (χ4n) is 7.32.